The molecule has 2 heterocycles. The average molecular weight is 428 g/mol. The Balaban J connectivity index is 1.50. The Hall–Kier alpha value is -4.00. The van der Waals surface area contributed by atoms with E-state index in [0.29, 0.717) is 23.3 Å². The topological polar surface area (TPSA) is 88.9 Å². The van der Waals surface area contributed by atoms with Gasteiger partial charge in [-0.1, -0.05) is 48.0 Å². The molecular weight excluding hydrogens is 402 g/mol. The van der Waals surface area contributed by atoms with Gasteiger partial charge < -0.3 is 0 Å². The van der Waals surface area contributed by atoms with Gasteiger partial charge >= 0.3 is 0 Å². The predicted molar refractivity (Wildman–Crippen MR) is 124 cm³/mol. The molecule has 7 nitrogen and oxygen atoms in total. The Kier molecular flexibility index (Phi) is 5.98. The summed E-state index contributed by atoms with van der Waals surface area (Å²) < 4.78 is 1.78. The first-order valence-electron chi connectivity index (χ1n) is 10.5. The van der Waals surface area contributed by atoms with Crippen LogP contribution in [0.3, 0.4) is 0 Å². The third-order valence-corrected chi connectivity index (χ3v) is 5.28. The second kappa shape index (κ2) is 9.01. The number of nitrogens with zero attached hydrogens (tertiary/aromatic N) is 3. The van der Waals surface area contributed by atoms with Gasteiger partial charge in [0.2, 0.25) is 5.91 Å². The van der Waals surface area contributed by atoms with Crippen molar-refractivity contribution in [2.45, 2.75) is 33.7 Å². The van der Waals surface area contributed by atoms with Crippen LogP contribution in [-0.2, 0) is 11.3 Å². The second-order valence-corrected chi connectivity index (χ2v) is 7.84. The maximum atomic E-state index is 13.0. The maximum Gasteiger partial charge on any atom is 0.270 e. The van der Waals surface area contributed by atoms with E-state index in [9.17, 15) is 9.59 Å². The highest BCUT2D eigenvalue weighted by atomic mass is 16.2. The summed E-state index contributed by atoms with van der Waals surface area (Å²) in [5.74, 6) is -0.681. The summed E-state index contributed by atoms with van der Waals surface area (Å²) in [5, 5.41) is 5.07. The first-order valence-corrected chi connectivity index (χ1v) is 10.5. The van der Waals surface area contributed by atoms with Crippen molar-refractivity contribution in [3.8, 4) is 11.3 Å². The van der Waals surface area contributed by atoms with Crippen LogP contribution in [-0.4, -0.2) is 26.6 Å². The molecule has 0 fully saturated rings. The number of carbonyl (C=O) groups is 2. The third kappa shape index (κ3) is 4.67. The maximum absolute atomic E-state index is 13.0. The highest BCUT2D eigenvalue weighted by Crippen LogP contribution is 2.25. The lowest BCUT2D eigenvalue weighted by atomic mass is 10.0. The number of benzene rings is 2. The molecule has 2 N–H and O–H groups in total. The summed E-state index contributed by atoms with van der Waals surface area (Å²) in [7, 11) is 0. The van der Waals surface area contributed by atoms with Gasteiger partial charge in [-0.3, -0.25) is 25.1 Å². The smallest absolute Gasteiger partial charge is 0.270 e. The van der Waals surface area contributed by atoms with Gasteiger partial charge in [-0.05, 0) is 39.0 Å². The van der Waals surface area contributed by atoms with Crippen molar-refractivity contribution in [2.24, 2.45) is 0 Å². The molecule has 0 aliphatic heterocycles. The van der Waals surface area contributed by atoms with Gasteiger partial charge in [0.05, 0.1) is 29.0 Å². The molecule has 0 unspecified atom stereocenters. The predicted octanol–water partition coefficient (Wildman–Crippen LogP) is 3.87. The van der Waals surface area contributed by atoms with E-state index in [4.69, 9.17) is 4.98 Å². The number of para-hydroxylation sites is 1. The number of amides is 2. The number of fused-ring (bicyclic) bond motifs is 1. The average Bonchev–Trinajstić information content (AvgIpc) is 3.12. The fourth-order valence-electron chi connectivity index (χ4n) is 3.60. The molecule has 4 rings (SSSR count). The molecule has 0 aliphatic rings. The van der Waals surface area contributed by atoms with E-state index in [1.54, 1.807) is 10.7 Å². The third-order valence-electron chi connectivity index (χ3n) is 5.28. The zero-order valence-corrected chi connectivity index (χ0v) is 18.3. The summed E-state index contributed by atoms with van der Waals surface area (Å²) in [6, 6.07) is 19.2. The van der Waals surface area contributed by atoms with E-state index < -0.39 is 5.91 Å². The number of aryl methyl sites for hydroxylation is 4. The number of carbonyl (C=O) groups excluding carboxylic acids is 2. The molecule has 2 aromatic carbocycles. The first kappa shape index (κ1) is 21.2. The molecule has 2 aromatic heterocycles. The van der Waals surface area contributed by atoms with Crippen LogP contribution in [0.25, 0.3) is 22.2 Å². The van der Waals surface area contributed by atoms with Gasteiger partial charge in [-0.15, -0.1) is 0 Å². The molecule has 0 saturated carbocycles. The number of hydrogen-bond donors (Lipinski definition) is 2. The van der Waals surface area contributed by atoms with Crippen molar-refractivity contribution < 1.29 is 9.59 Å². The lowest BCUT2D eigenvalue weighted by Gasteiger charge is -2.12. The molecule has 0 atom stereocenters. The standard InChI is InChI=1S/C25H25N5O2/c1-16-8-10-19(11-9-16)23-15-21(20-6-4-5-7-22(20)26-23)25(32)28-27-24(31)12-13-30-18(3)14-17(2)29-30/h4-11,14-15H,12-13H2,1-3H3,(H,27,31)(H,28,32). The fraction of sp³-hybridized carbons (Fsp3) is 0.200. The highest BCUT2D eigenvalue weighted by molar-refractivity contribution is 6.07. The van der Waals surface area contributed by atoms with E-state index in [1.807, 2.05) is 75.4 Å². The quantitative estimate of drug-likeness (QED) is 0.473. The lowest BCUT2D eigenvalue weighted by molar-refractivity contribution is -0.122. The largest absolute Gasteiger partial charge is 0.273 e. The number of pyridine rings is 1. The van der Waals surface area contributed by atoms with Crippen molar-refractivity contribution in [3.63, 3.8) is 0 Å². The molecule has 2 amide bonds. The number of hydrazine groups is 1. The summed E-state index contributed by atoms with van der Waals surface area (Å²) in [6.45, 7) is 6.32. The molecule has 0 spiro atoms. The van der Waals surface area contributed by atoms with Crippen LogP contribution in [0.2, 0.25) is 0 Å². The molecule has 32 heavy (non-hydrogen) atoms. The zero-order valence-electron chi connectivity index (χ0n) is 18.3. The van der Waals surface area contributed by atoms with E-state index in [0.717, 1.165) is 27.9 Å². The van der Waals surface area contributed by atoms with Crippen LogP contribution >= 0.6 is 0 Å². The summed E-state index contributed by atoms with van der Waals surface area (Å²) >= 11 is 0. The highest BCUT2D eigenvalue weighted by Gasteiger charge is 2.15. The van der Waals surface area contributed by atoms with Crippen LogP contribution < -0.4 is 10.9 Å². The van der Waals surface area contributed by atoms with Gasteiger partial charge in [0.25, 0.3) is 5.91 Å². The monoisotopic (exact) mass is 427 g/mol. The van der Waals surface area contributed by atoms with Gasteiger partial charge in [-0.2, -0.15) is 5.10 Å². The molecule has 162 valence electrons. The van der Waals surface area contributed by atoms with E-state index in [1.165, 1.54) is 0 Å². The second-order valence-electron chi connectivity index (χ2n) is 7.84. The summed E-state index contributed by atoms with van der Waals surface area (Å²) in [6.07, 6.45) is 0.202. The van der Waals surface area contributed by atoms with Gasteiger partial charge in [-0.25, -0.2) is 4.98 Å². The molecular formula is C25H25N5O2. The molecule has 0 radical (unpaired) electrons. The Morgan fingerprint density at radius 3 is 2.41 bits per heavy atom. The van der Waals surface area contributed by atoms with Crippen LogP contribution in [0.15, 0.2) is 60.7 Å². The number of nitrogens with one attached hydrogen (secondary N) is 2. The van der Waals surface area contributed by atoms with Crippen LogP contribution in [0.4, 0.5) is 0 Å². The van der Waals surface area contributed by atoms with E-state index >= 15 is 0 Å². The fourth-order valence-corrected chi connectivity index (χ4v) is 3.60. The Morgan fingerprint density at radius 1 is 0.938 bits per heavy atom. The Bertz CT molecular complexity index is 1290. The van der Waals surface area contributed by atoms with Crippen molar-refractivity contribution in [3.05, 3.63) is 83.2 Å². The minimum atomic E-state index is -0.392. The van der Waals surface area contributed by atoms with Crippen molar-refractivity contribution >= 4 is 22.7 Å². The summed E-state index contributed by atoms with van der Waals surface area (Å²) in [5.41, 5.74) is 10.9. The Morgan fingerprint density at radius 2 is 1.69 bits per heavy atom. The van der Waals surface area contributed by atoms with Gasteiger partial charge in [0.1, 0.15) is 0 Å². The van der Waals surface area contributed by atoms with Crippen LogP contribution in [0.1, 0.15) is 33.7 Å². The van der Waals surface area contributed by atoms with E-state index in [-0.39, 0.29) is 12.3 Å². The van der Waals surface area contributed by atoms with E-state index in [2.05, 4.69) is 16.0 Å². The normalized spacial score (nSPS) is 10.8. The van der Waals surface area contributed by atoms with Gasteiger partial charge in [0, 0.05) is 23.1 Å². The van der Waals surface area contributed by atoms with Gasteiger partial charge in [0.15, 0.2) is 0 Å². The van der Waals surface area contributed by atoms with Crippen LogP contribution in [0.5, 0.6) is 0 Å². The van der Waals surface area contributed by atoms with Crippen molar-refractivity contribution in [1.82, 2.24) is 25.6 Å². The minimum absolute atomic E-state index is 0.202. The molecule has 0 bridgehead atoms. The summed E-state index contributed by atoms with van der Waals surface area (Å²) in [4.78, 5) is 29.9. The zero-order chi connectivity index (χ0) is 22.7. The SMILES string of the molecule is Cc1ccc(-c2cc(C(=O)NNC(=O)CCn3nc(C)cc3C)c3ccccc3n2)cc1. The van der Waals surface area contributed by atoms with Crippen molar-refractivity contribution in [2.75, 3.05) is 0 Å². The number of aromatic nitrogens is 3. The number of hydrogen-bond acceptors (Lipinski definition) is 4. The molecule has 0 aliphatic carbocycles. The minimum Gasteiger partial charge on any atom is -0.273 e. The lowest BCUT2D eigenvalue weighted by Crippen LogP contribution is -2.42. The number of rotatable bonds is 5. The molecule has 0 saturated heterocycles. The molecule has 4 aromatic rings. The first-order chi connectivity index (χ1) is 15.4. The molecule has 7 heteroatoms. The Labute approximate surface area is 186 Å². The van der Waals surface area contributed by atoms with Crippen LogP contribution in [0, 0.1) is 20.8 Å². The van der Waals surface area contributed by atoms with Crippen molar-refractivity contribution in [1.29, 1.82) is 0 Å².